The first-order chi connectivity index (χ1) is 8.29. The van der Waals surface area contributed by atoms with E-state index in [1.807, 2.05) is 30.3 Å². The molecule has 2 aromatic rings. The second kappa shape index (κ2) is 5.08. The highest BCUT2D eigenvalue weighted by Gasteiger charge is 2.05. The molecule has 2 rings (SSSR count). The van der Waals surface area contributed by atoms with Crippen molar-refractivity contribution in [3.63, 3.8) is 0 Å². The van der Waals surface area contributed by atoms with Gasteiger partial charge in [-0.25, -0.2) is 0 Å². The van der Waals surface area contributed by atoms with E-state index in [4.69, 9.17) is 10.8 Å². The number of nitrogens with zero attached hydrogens (tertiary/aromatic N) is 5. The van der Waals surface area contributed by atoms with Gasteiger partial charge in [-0.15, -0.1) is 5.11 Å². The van der Waals surface area contributed by atoms with Crippen molar-refractivity contribution in [1.29, 1.82) is 0 Å². The van der Waals surface area contributed by atoms with Gasteiger partial charge in [-0.2, -0.15) is 20.1 Å². The average molecular weight is 230 g/mol. The number of aromatic nitrogens is 3. The molecule has 7 heteroatoms. The van der Waals surface area contributed by atoms with E-state index in [0.717, 1.165) is 5.56 Å². The van der Waals surface area contributed by atoms with Crippen LogP contribution < -0.4 is 5.73 Å². The Kier molecular flexibility index (Phi) is 3.31. The van der Waals surface area contributed by atoms with E-state index >= 15 is 0 Å². The highest BCUT2D eigenvalue weighted by molar-refractivity contribution is 5.56. The van der Waals surface area contributed by atoms with Gasteiger partial charge in [0.2, 0.25) is 5.95 Å². The predicted octanol–water partition coefficient (Wildman–Crippen LogP) is 1.15. The maximum Gasteiger partial charge on any atom is 0.273 e. The molecular weight excluding hydrogens is 220 g/mol. The maximum atomic E-state index is 8.52. The number of aliphatic hydroxyl groups excluding tert-OH is 1. The minimum absolute atomic E-state index is 0.0609. The first-order valence-electron chi connectivity index (χ1n) is 4.85. The fourth-order valence-electron chi connectivity index (χ4n) is 1.24. The SMILES string of the molecule is Nc1nc(/N=N/CO)nc(-c2ccccc2)n1. The summed E-state index contributed by atoms with van der Waals surface area (Å²) in [4.78, 5) is 11.9. The van der Waals surface area contributed by atoms with Crippen molar-refractivity contribution in [2.45, 2.75) is 0 Å². The van der Waals surface area contributed by atoms with E-state index in [0.29, 0.717) is 5.82 Å². The van der Waals surface area contributed by atoms with Crippen LogP contribution in [0.1, 0.15) is 0 Å². The van der Waals surface area contributed by atoms with Gasteiger partial charge in [0, 0.05) is 5.56 Å². The molecule has 7 nitrogen and oxygen atoms in total. The van der Waals surface area contributed by atoms with Crippen LogP contribution in [0.3, 0.4) is 0 Å². The summed E-state index contributed by atoms with van der Waals surface area (Å²) in [6.45, 7) is -0.424. The molecule has 1 aromatic carbocycles. The van der Waals surface area contributed by atoms with Crippen LogP contribution in [-0.2, 0) is 0 Å². The molecule has 0 fully saturated rings. The molecule has 0 amide bonds. The van der Waals surface area contributed by atoms with Crippen molar-refractivity contribution in [1.82, 2.24) is 15.0 Å². The summed E-state index contributed by atoms with van der Waals surface area (Å²) in [7, 11) is 0. The lowest BCUT2D eigenvalue weighted by Gasteiger charge is -2.00. The Balaban J connectivity index is 2.42. The third-order valence-corrected chi connectivity index (χ3v) is 1.90. The molecule has 0 aliphatic carbocycles. The molecule has 0 saturated carbocycles. The Morgan fingerprint density at radius 2 is 1.88 bits per heavy atom. The molecule has 0 atom stereocenters. The van der Waals surface area contributed by atoms with Gasteiger partial charge in [-0.05, 0) is 0 Å². The van der Waals surface area contributed by atoms with Gasteiger partial charge in [-0.3, -0.25) is 0 Å². The van der Waals surface area contributed by atoms with Gasteiger partial charge < -0.3 is 10.8 Å². The molecule has 0 spiro atoms. The first kappa shape index (κ1) is 11.1. The van der Waals surface area contributed by atoms with E-state index < -0.39 is 6.73 Å². The lowest BCUT2D eigenvalue weighted by atomic mass is 10.2. The summed E-state index contributed by atoms with van der Waals surface area (Å²) in [6, 6.07) is 9.32. The van der Waals surface area contributed by atoms with Crippen molar-refractivity contribution in [2.75, 3.05) is 12.5 Å². The molecule has 0 radical (unpaired) electrons. The maximum absolute atomic E-state index is 8.52. The van der Waals surface area contributed by atoms with Crippen molar-refractivity contribution in [3.8, 4) is 11.4 Å². The number of nitrogen functional groups attached to an aromatic ring is 1. The topological polar surface area (TPSA) is 110 Å². The second-order valence-corrected chi connectivity index (χ2v) is 3.07. The lowest BCUT2D eigenvalue weighted by Crippen LogP contribution is -1.99. The summed E-state index contributed by atoms with van der Waals surface area (Å²) in [5.41, 5.74) is 6.35. The van der Waals surface area contributed by atoms with Crippen LogP contribution in [0.25, 0.3) is 11.4 Å². The number of rotatable bonds is 3. The summed E-state index contributed by atoms with van der Waals surface area (Å²) in [5.74, 6) is 0.557. The molecule has 17 heavy (non-hydrogen) atoms. The van der Waals surface area contributed by atoms with Crippen LogP contribution >= 0.6 is 0 Å². The second-order valence-electron chi connectivity index (χ2n) is 3.07. The molecular formula is C10H10N6O. The fourth-order valence-corrected chi connectivity index (χ4v) is 1.24. The van der Waals surface area contributed by atoms with E-state index in [1.165, 1.54) is 0 Å². The van der Waals surface area contributed by atoms with Gasteiger partial charge in [0.15, 0.2) is 12.6 Å². The Morgan fingerprint density at radius 1 is 1.12 bits per heavy atom. The highest BCUT2D eigenvalue weighted by atomic mass is 16.3. The third kappa shape index (κ3) is 2.79. The molecule has 3 N–H and O–H groups in total. The zero-order valence-corrected chi connectivity index (χ0v) is 8.85. The molecule has 0 saturated heterocycles. The van der Waals surface area contributed by atoms with Crippen molar-refractivity contribution in [3.05, 3.63) is 30.3 Å². The smallest absolute Gasteiger partial charge is 0.273 e. The number of anilines is 1. The molecule has 0 unspecified atom stereocenters. The molecule has 0 bridgehead atoms. The van der Waals surface area contributed by atoms with E-state index in [1.54, 1.807) is 0 Å². The first-order valence-corrected chi connectivity index (χ1v) is 4.85. The highest BCUT2D eigenvalue weighted by Crippen LogP contribution is 2.17. The van der Waals surface area contributed by atoms with Gasteiger partial charge in [0.05, 0.1) is 0 Å². The van der Waals surface area contributed by atoms with Crippen LogP contribution in [0, 0.1) is 0 Å². The fraction of sp³-hybridized carbons (Fsp3) is 0.100. The Hall–Kier alpha value is -2.41. The quantitative estimate of drug-likeness (QED) is 0.768. The Bertz CT molecular complexity index is 528. The number of hydrogen-bond acceptors (Lipinski definition) is 7. The van der Waals surface area contributed by atoms with Gasteiger partial charge in [-0.1, -0.05) is 30.3 Å². The lowest BCUT2D eigenvalue weighted by molar-refractivity contribution is 0.301. The number of hydrogen-bond donors (Lipinski definition) is 2. The summed E-state index contributed by atoms with van der Waals surface area (Å²) >= 11 is 0. The van der Waals surface area contributed by atoms with E-state index in [9.17, 15) is 0 Å². The molecule has 1 aromatic heterocycles. The van der Waals surface area contributed by atoms with Crippen LogP contribution in [0.4, 0.5) is 11.9 Å². The van der Waals surface area contributed by atoms with Gasteiger partial charge in [0.1, 0.15) is 0 Å². The van der Waals surface area contributed by atoms with Crippen LogP contribution in [-0.4, -0.2) is 26.8 Å². The molecule has 86 valence electrons. The molecule has 1 heterocycles. The van der Waals surface area contributed by atoms with Gasteiger partial charge in [0.25, 0.3) is 5.95 Å². The standard InChI is InChI=1S/C10H10N6O/c11-9-13-8(7-4-2-1-3-5-7)14-10(15-9)16-12-6-17/h1-5,17H,6H2,(H2,11,13,14,15)/b16-12+. The zero-order chi connectivity index (χ0) is 12.1. The normalized spacial score (nSPS) is 10.9. The summed E-state index contributed by atoms with van der Waals surface area (Å²) in [6.07, 6.45) is 0. The van der Waals surface area contributed by atoms with Crippen LogP contribution in [0.15, 0.2) is 40.6 Å². The van der Waals surface area contributed by atoms with Crippen LogP contribution in [0.5, 0.6) is 0 Å². The monoisotopic (exact) mass is 230 g/mol. The van der Waals surface area contributed by atoms with Gasteiger partial charge >= 0.3 is 0 Å². The predicted molar refractivity (Wildman–Crippen MR) is 61.3 cm³/mol. The average Bonchev–Trinajstić information content (AvgIpc) is 2.37. The number of azo groups is 1. The summed E-state index contributed by atoms with van der Waals surface area (Å²) in [5, 5.41) is 15.5. The zero-order valence-electron chi connectivity index (χ0n) is 8.85. The Morgan fingerprint density at radius 3 is 2.59 bits per heavy atom. The molecule has 0 aliphatic heterocycles. The number of nitrogens with two attached hydrogens (primary N) is 1. The largest absolute Gasteiger partial charge is 0.373 e. The minimum atomic E-state index is -0.424. The summed E-state index contributed by atoms with van der Waals surface area (Å²) < 4.78 is 0. The van der Waals surface area contributed by atoms with E-state index in [2.05, 4.69) is 25.2 Å². The molecule has 0 aliphatic rings. The van der Waals surface area contributed by atoms with E-state index in [-0.39, 0.29) is 11.9 Å². The third-order valence-electron chi connectivity index (χ3n) is 1.90. The number of benzene rings is 1. The van der Waals surface area contributed by atoms with Crippen molar-refractivity contribution < 1.29 is 5.11 Å². The Labute approximate surface area is 97.1 Å². The number of aliphatic hydroxyl groups is 1. The minimum Gasteiger partial charge on any atom is -0.373 e. The van der Waals surface area contributed by atoms with Crippen molar-refractivity contribution >= 4 is 11.9 Å². The van der Waals surface area contributed by atoms with Crippen molar-refractivity contribution in [2.24, 2.45) is 10.2 Å². The van der Waals surface area contributed by atoms with Crippen LogP contribution in [0.2, 0.25) is 0 Å².